The van der Waals surface area contributed by atoms with Gasteiger partial charge in [0.25, 0.3) is 5.91 Å². The summed E-state index contributed by atoms with van der Waals surface area (Å²) >= 11 is 0. The molecule has 3 aromatic rings. The molecule has 0 saturated carbocycles. The number of carbonyl (C=O) groups is 1. The maximum absolute atomic E-state index is 13.7. The fourth-order valence-corrected chi connectivity index (χ4v) is 4.73. The molecular weight excluding hydrogens is 436 g/mol. The molecular formula is C30H36N2O3. The lowest BCUT2D eigenvalue weighted by molar-refractivity contribution is 0.0958. The molecule has 5 nitrogen and oxygen atoms in total. The maximum atomic E-state index is 13.7. The van der Waals surface area contributed by atoms with Crippen LogP contribution in [0, 0.1) is 0 Å². The molecule has 0 aromatic heterocycles. The van der Waals surface area contributed by atoms with Crippen molar-refractivity contribution < 1.29 is 14.3 Å². The van der Waals surface area contributed by atoms with Crippen LogP contribution in [0.5, 0.6) is 11.5 Å². The van der Waals surface area contributed by atoms with Crippen LogP contribution in [0.3, 0.4) is 0 Å². The summed E-state index contributed by atoms with van der Waals surface area (Å²) in [5, 5.41) is 0. The molecule has 1 aliphatic rings. The highest BCUT2D eigenvalue weighted by molar-refractivity contribution is 6.06. The molecule has 0 aliphatic carbocycles. The topological polar surface area (TPSA) is 42.0 Å². The van der Waals surface area contributed by atoms with Crippen LogP contribution >= 0.6 is 0 Å². The number of amides is 1. The number of benzene rings is 3. The molecule has 4 rings (SSSR count). The number of piperidine rings is 1. The lowest BCUT2D eigenvalue weighted by Gasteiger charge is -2.39. The SMILES string of the molecule is COc1ccc(C(=O)N(c2cccc(OC)c2)C2CCN(Cc3ccc(C(C)C)cc3)CC2)cc1. The van der Waals surface area contributed by atoms with Gasteiger partial charge in [0.05, 0.1) is 14.2 Å². The molecule has 0 N–H and O–H groups in total. The third kappa shape index (κ3) is 6.04. The normalized spacial score (nSPS) is 14.7. The summed E-state index contributed by atoms with van der Waals surface area (Å²) in [6, 6.07) is 24.2. The molecule has 1 aliphatic heterocycles. The molecule has 1 fully saturated rings. The number of nitrogens with zero attached hydrogens (tertiary/aromatic N) is 2. The molecule has 0 bridgehead atoms. The first-order valence-corrected chi connectivity index (χ1v) is 12.4. The third-order valence-electron chi connectivity index (χ3n) is 6.86. The first kappa shape index (κ1) is 24.8. The Morgan fingerprint density at radius 3 is 2.17 bits per heavy atom. The van der Waals surface area contributed by atoms with Crippen molar-refractivity contribution in [3.05, 3.63) is 89.5 Å². The Morgan fingerprint density at radius 2 is 1.57 bits per heavy atom. The van der Waals surface area contributed by atoms with E-state index in [1.54, 1.807) is 14.2 Å². The summed E-state index contributed by atoms with van der Waals surface area (Å²) in [5.41, 5.74) is 4.24. The van der Waals surface area contributed by atoms with Crippen molar-refractivity contribution in [1.29, 1.82) is 0 Å². The summed E-state index contributed by atoms with van der Waals surface area (Å²) in [7, 11) is 3.28. The number of hydrogen-bond donors (Lipinski definition) is 0. The van der Waals surface area contributed by atoms with Crippen LogP contribution in [0.4, 0.5) is 5.69 Å². The minimum atomic E-state index is 0.00336. The monoisotopic (exact) mass is 472 g/mol. The van der Waals surface area contributed by atoms with E-state index in [0.717, 1.165) is 49.7 Å². The zero-order valence-electron chi connectivity index (χ0n) is 21.2. The van der Waals surface area contributed by atoms with Gasteiger partial charge in [0.1, 0.15) is 11.5 Å². The van der Waals surface area contributed by atoms with Gasteiger partial charge in [-0.3, -0.25) is 9.69 Å². The largest absolute Gasteiger partial charge is 0.497 e. The standard InChI is InChI=1S/C30H36N2O3/c1-22(2)24-10-8-23(9-11-24)21-31-18-16-26(17-19-31)32(27-6-5-7-29(20-27)35-4)30(33)25-12-14-28(34-3)15-13-25/h5-15,20,22,26H,16-19,21H2,1-4H3. The number of methoxy groups -OCH3 is 2. The van der Waals surface area contributed by atoms with Gasteiger partial charge < -0.3 is 14.4 Å². The predicted molar refractivity (Wildman–Crippen MR) is 142 cm³/mol. The number of likely N-dealkylation sites (tertiary alicyclic amines) is 1. The highest BCUT2D eigenvalue weighted by Crippen LogP contribution is 2.29. The van der Waals surface area contributed by atoms with Gasteiger partial charge >= 0.3 is 0 Å². The fraction of sp³-hybridized carbons (Fsp3) is 0.367. The smallest absolute Gasteiger partial charge is 0.258 e. The van der Waals surface area contributed by atoms with E-state index in [9.17, 15) is 4.79 Å². The molecule has 0 unspecified atom stereocenters. The minimum absolute atomic E-state index is 0.00336. The van der Waals surface area contributed by atoms with Crippen LogP contribution < -0.4 is 14.4 Å². The average molecular weight is 473 g/mol. The van der Waals surface area contributed by atoms with Crippen molar-refractivity contribution in [2.45, 2.75) is 45.2 Å². The van der Waals surface area contributed by atoms with Gasteiger partial charge in [-0.15, -0.1) is 0 Å². The highest BCUT2D eigenvalue weighted by atomic mass is 16.5. The highest BCUT2D eigenvalue weighted by Gasteiger charge is 2.30. The van der Waals surface area contributed by atoms with Crippen molar-refractivity contribution >= 4 is 11.6 Å². The van der Waals surface area contributed by atoms with Gasteiger partial charge in [0.2, 0.25) is 0 Å². The number of carbonyl (C=O) groups excluding carboxylic acids is 1. The quantitative estimate of drug-likeness (QED) is 0.395. The Morgan fingerprint density at radius 1 is 0.914 bits per heavy atom. The Kier molecular flexibility index (Phi) is 8.09. The van der Waals surface area contributed by atoms with Crippen LogP contribution in [-0.4, -0.2) is 44.2 Å². The molecule has 1 saturated heterocycles. The van der Waals surface area contributed by atoms with E-state index in [1.165, 1.54) is 11.1 Å². The molecule has 3 aromatic carbocycles. The summed E-state index contributed by atoms with van der Waals surface area (Å²) in [5.74, 6) is 2.04. The Bertz CT molecular complexity index is 1100. The first-order chi connectivity index (χ1) is 17.0. The molecule has 0 spiro atoms. The van der Waals surface area contributed by atoms with Gasteiger partial charge in [-0.2, -0.15) is 0 Å². The molecule has 0 atom stereocenters. The van der Waals surface area contributed by atoms with E-state index in [-0.39, 0.29) is 11.9 Å². The summed E-state index contributed by atoms with van der Waals surface area (Å²) in [4.78, 5) is 18.2. The molecule has 1 heterocycles. The van der Waals surface area contributed by atoms with E-state index < -0.39 is 0 Å². The average Bonchev–Trinajstić information content (AvgIpc) is 2.90. The summed E-state index contributed by atoms with van der Waals surface area (Å²) in [6.45, 7) is 7.29. The van der Waals surface area contributed by atoms with Crippen molar-refractivity contribution in [3.63, 3.8) is 0 Å². The van der Waals surface area contributed by atoms with Gasteiger partial charge in [0, 0.05) is 43.0 Å². The zero-order valence-corrected chi connectivity index (χ0v) is 21.2. The third-order valence-corrected chi connectivity index (χ3v) is 6.86. The van der Waals surface area contributed by atoms with Crippen molar-refractivity contribution in [1.82, 2.24) is 4.90 Å². The van der Waals surface area contributed by atoms with Crippen LogP contribution in [0.2, 0.25) is 0 Å². The lowest BCUT2D eigenvalue weighted by Crippen LogP contribution is -2.47. The Hall–Kier alpha value is -3.31. The van der Waals surface area contributed by atoms with E-state index in [0.29, 0.717) is 11.5 Å². The predicted octanol–water partition coefficient (Wildman–Crippen LogP) is 6.14. The number of anilines is 1. The maximum Gasteiger partial charge on any atom is 0.258 e. The van der Waals surface area contributed by atoms with Crippen molar-refractivity contribution in [2.24, 2.45) is 0 Å². The number of rotatable bonds is 8. The van der Waals surface area contributed by atoms with E-state index in [4.69, 9.17) is 9.47 Å². The van der Waals surface area contributed by atoms with Crippen LogP contribution in [0.25, 0.3) is 0 Å². The molecule has 5 heteroatoms. The van der Waals surface area contributed by atoms with Gasteiger partial charge in [-0.25, -0.2) is 0 Å². The van der Waals surface area contributed by atoms with E-state index >= 15 is 0 Å². The van der Waals surface area contributed by atoms with Gasteiger partial charge in [-0.1, -0.05) is 44.2 Å². The summed E-state index contributed by atoms with van der Waals surface area (Å²) in [6.07, 6.45) is 1.84. The Balaban J connectivity index is 1.50. The molecule has 184 valence electrons. The second-order valence-corrected chi connectivity index (χ2v) is 9.51. The van der Waals surface area contributed by atoms with Crippen LogP contribution in [-0.2, 0) is 6.54 Å². The molecule has 1 amide bonds. The van der Waals surface area contributed by atoms with Gasteiger partial charge in [0.15, 0.2) is 0 Å². The van der Waals surface area contributed by atoms with Crippen molar-refractivity contribution in [3.8, 4) is 11.5 Å². The Labute approximate surface area is 209 Å². The zero-order chi connectivity index (χ0) is 24.8. The van der Waals surface area contributed by atoms with E-state index in [2.05, 4.69) is 43.0 Å². The molecule has 35 heavy (non-hydrogen) atoms. The number of ether oxygens (including phenoxy) is 2. The first-order valence-electron chi connectivity index (χ1n) is 12.4. The molecule has 0 radical (unpaired) electrons. The second kappa shape index (κ2) is 11.4. The fourth-order valence-electron chi connectivity index (χ4n) is 4.73. The van der Waals surface area contributed by atoms with E-state index in [1.807, 2.05) is 53.4 Å². The summed E-state index contributed by atoms with van der Waals surface area (Å²) < 4.78 is 10.7. The van der Waals surface area contributed by atoms with Crippen LogP contribution in [0.1, 0.15) is 54.1 Å². The van der Waals surface area contributed by atoms with Crippen molar-refractivity contribution in [2.75, 3.05) is 32.2 Å². The lowest BCUT2D eigenvalue weighted by atomic mass is 9.99. The van der Waals surface area contributed by atoms with Gasteiger partial charge in [-0.05, 0) is 66.3 Å². The number of hydrogen-bond acceptors (Lipinski definition) is 4. The second-order valence-electron chi connectivity index (χ2n) is 9.51. The van der Waals surface area contributed by atoms with Crippen LogP contribution in [0.15, 0.2) is 72.8 Å². The minimum Gasteiger partial charge on any atom is -0.497 e.